The zero-order chi connectivity index (χ0) is 16.2. The number of hydrogen-bond donors (Lipinski definition) is 1. The second-order valence-corrected chi connectivity index (χ2v) is 6.45. The van der Waals surface area contributed by atoms with Crippen LogP contribution in [0.25, 0.3) is 11.3 Å². The van der Waals surface area contributed by atoms with Crippen LogP contribution in [-0.2, 0) is 0 Å². The molecule has 23 heavy (non-hydrogen) atoms. The van der Waals surface area contributed by atoms with Gasteiger partial charge in [0.15, 0.2) is 16.0 Å². The van der Waals surface area contributed by atoms with Crippen LogP contribution >= 0.6 is 34.7 Å². The van der Waals surface area contributed by atoms with Gasteiger partial charge in [-0.2, -0.15) is 0 Å². The molecule has 0 fully saturated rings. The van der Waals surface area contributed by atoms with Crippen molar-refractivity contribution in [1.29, 1.82) is 0 Å². The number of aromatic nitrogens is 3. The first-order valence-corrected chi connectivity index (χ1v) is 9.04. The van der Waals surface area contributed by atoms with Crippen molar-refractivity contribution < 1.29 is 4.79 Å². The van der Waals surface area contributed by atoms with E-state index in [0.717, 1.165) is 11.3 Å². The third-order valence-electron chi connectivity index (χ3n) is 2.91. The van der Waals surface area contributed by atoms with Crippen LogP contribution in [0.1, 0.15) is 10.5 Å². The molecule has 5 nitrogen and oxygen atoms in total. The Bertz CT molecular complexity index is 839. The standard InChI is InChI=1S/C15H11ClN4OS2/c1-22-14-17-7-10(16)12(19-14)13(21)20-15-18-11(8-23-15)9-5-3-2-4-6-9/h2-8H,1H3,(H,18,20,21). The highest BCUT2D eigenvalue weighted by Gasteiger charge is 2.16. The molecule has 0 aliphatic rings. The maximum atomic E-state index is 12.3. The highest BCUT2D eigenvalue weighted by Crippen LogP contribution is 2.25. The molecule has 1 N–H and O–H groups in total. The van der Waals surface area contributed by atoms with Gasteiger partial charge in [-0.1, -0.05) is 53.7 Å². The van der Waals surface area contributed by atoms with Gasteiger partial charge in [-0.25, -0.2) is 15.0 Å². The highest BCUT2D eigenvalue weighted by atomic mass is 35.5. The number of amides is 1. The minimum atomic E-state index is -0.401. The first kappa shape index (κ1) is 15.9. The van der Waals surface area contributed by atoms with Gasteiger partial charge >= 0.3 is 0 Å². The lowest BCUT2D eigenvalue weighted by Gasteiger charge is -2.04. The summed E-state index contributed by atoms with van der Waals surface area (Å²) in [6.45, 7) is 0. The van der Waals surface area contributed by atoms with Gasteiger partial charge in [0.25, 0.3) is 5.91 Å². The molecule has 0 unspecified atom stereocenters. The summed E-state index contributed by atoms with van der Waals surface area (Å²) in [5.41, 5.74) is 1.95. The van der Waals surface area contributed by atoms with Crippen LogP contribution in [0.2, 0.25) is 5.02 Å². The van der Waals surface area contributed by atoms with Gasteiger partial charge in [0.1, 0.15) is 0 Å². The number of thiazole rings is 1. The van der Waals surface area contributed by atoms with E-state index in [2.05, 4.69) is 20.3 Å². The number of carbonyl (C=O) groups is 1. The zero-order valence-electron chi connectivity index (χ0n) is 12.0. The fourth-order valence-electron chi connectivity index (χ4n) is 1.84. The van der Waals surface area contributed by atoms with Gasteiger partial charge in [0.05, 0.1) is 16.9 Å². The maximum Gasteiger partial charge on any atom is 0.277 e. The molecule has 1 amide bonds. The average Bonchev–Trinajstić information content (AvgIpc) is 3.04. The molecule has 0 spiro atoms. The monoisotopic (exact) mass is 362 g/mol. The molecular formula is C15H11ClN4OS2. The second-order valence-electron chi connectivity index (χ2n) is 4.41. The van der Waals surface area contributed by atoms with E-state index in [1.54, 1.807) is 0 Å². The van der Waals surface area contributed by atoms with E-state index in [0.29, 0.717) is 10.3 Å². The van der Waals surface area contributed by atoms with E-state index >= 15 is 0 Å². The van der Waals surface area contributed by atoms with Gasteiger partial charge in [0.2, 0.25) is 0 Å². The molecule has 2 heterocycles. The number of nitrogens with zero attached hydrogens (tertiary/aromatic N) is 3. The Kier molecular flexibility index (Phi) is 4.90. The molecule has 0 bridgehead atoms. The van der Waals surface area contributed by atoms with Crippen molar-refractivity contribution in [3.63, 3.8) is 0 Å². The number of anilines is 1. The number of benzene rings is 1. The maximum absolute atomic E-state index is 12.3. The number of carbonyl (C=O) groups excluding carboxylic acids is 1. The minimum Gasteiger partial charge on any atom is -0.296 e. The van der Waals surface area contributed by atoms with Crippen molar-refractivity contribution in [2.24, 2.45) is 0 Å². The van der Waals surface area contributed by atoms with Crippen molar-refractivity contribution in [3.05, 3.63) is 52.6 Å². The quantitative estimate of drug-likeness (QED) is 0.555. The van der Waals surface area contributed by atoms with Crippen LogP contribution in [-0.4, -0.2) is 27.1 Å². The van der Waals surface area contributed by atoms with E-state index < -0.39 is 5.91 Å². The number of rotatable bonds is 4. The summed E-state index contributed by atoms with van der Waals surface area (Å²) in [4.78, 5) is 24.9. The molecule has 116 valence electrons. The Morgan fingerprint density at radius 2 is 2.04 bits per heavy atom. The first-order chi connectivity index (χ1) is 11.2. The van der Waals surface area contributed by atoms with Crippen molar-refractivity contribution in [2.75, 3.05) is 11.6 Å². The van der Waals surface area contributed by atoms with E-state index in [1.165, 1.54) is 29.3 Å². The molecule has 0 saturated heterocycles. The Hall–Kier alpha value is -1.96. The number of thioether (sulfide) groups is 1. The summed E-state index contributed by atoms with van der Waals surface area (Å²) < 4.78 is 0. The average molecular weight is 363 g/mol. The summed E-state index contributed by atoms with van der Waals surface area (Å²) in [6, 6.07) is 9.76. The Morgan fingerprint density at radius 3 is 2.78 bits per heavy atom. The zero-order valence-corrected chi connectivity index (χ0v) is 14.4. The fourth-order valence-corrected chi connectivity index (χ4v) is 3.07. The lowest BCUT2D eigenvalue weighted by atomic mass is 10.2. The van der Waals surface area contributed by atoms with Crippen LogP contribution in [0.3, 0.4) is 0 Å². The molecule has 8 heteroatoms. The third kappa shape index (κ3) is 3.69. The van der Waals surface area contributed by atoms with Gasteiger partial charge in [-0.15, -0.1) is 11.3 Å². The van der Waals surface area contributed by atoms with Crippen LogP contribution in [0.15, 0.2) is 47.1 Å². The topological polar surface area (TPSA) is 67.8 Å². The van der Waals surface area contributed by atoms with Gasteiger partial charge in [-0.3, -0.25) is 10.1 Å². The predicted molar refractivity (Wildman–Crippen MR) is 94.3 cm³/mol. The molecule has 0 saturated carbocycles. The lowest BCUT2D eigenvalue weighted by molar-refractivity contribution is 0.102. The number of nitrogens with one attached hydrogen (secondary N) is 1. The summed E-state index contributed by atoms with van der Waals surface area (Å²) in [5.74, 6) is -0.401. The summed E-state index contributed by atoms with van der Waals surface area (Å²) in [7, 11) is 0. The van der Waals surface area contributed by atoms with Crippen LogP contribution in [0.4, 0.5) is 5.13 Å². The third-order valence-corrected chi connectivity index (χ3v) is 4.51. The highest BCUT2D eigenvalue weighted by molar-refractivity contribution is 7.98. The normalized spacial score (nSPS) is 10.5. The van der Waals surface area contributed by atoms with E-state index in [4.69, 9.17) is 11.6 Å². The predicted octanol–water partition coefficient (Wildman–Crippen LogP) is 4.23. The molecule has 0 aliphatic heterocycles. The molecule has 2 aromatic heterocycles. The van der Waals surface area contributed by atoms with Crippen molar-refractivity contribution in [2.45, 2.75) is 5.16 Å². The molecule has 0 atom stereocenters. The molecule has 0 aliphatic carbocycles. The largest absolute Gasteiger partial charge is 0.296 e. The van der Waals surface area contributed by atoms with Gasteiger partial charge in [-0.05, 0) is 6.26 Å². The summed E-state index contributed by atoms with van der Waals surface area (Å²) >= 11 is 8.69. The van der Waals surface area contributed by atoms with Gasteiger partial charge < -0.3 is 0 Å². The van der Waals surface area contributed by atoms with Crippen molar-refractivity contribution in [1.82, 2.24) is 15.0 Å². The Balaban J connectivity index is 1.80. The molecule has 0 radical (unpaired) electrons. The minimum absolute atomic E-state index is 0.141. The smallest absolute Gasteiger partial charge is 0.277 e. The van der Waals surface area contributed by atoms with Gasteiger partial charge in [0, 0.05) is 10.9 Å². The van der Waals surface area contributed by atoms with Crippen molar-refractivity contribution >= 4 is 45.7 Å². The van der Waals surface area contributed by atoms with E-state index in [9.17, 15) is 4.79 Å². The SMILES string of the molecule is CSc1ncc(Cl)c(C(=O)Nc2nc(-c3ccccc3)cs2)n1. The van der Waals surface area contributed by atoms with E-state index in [1.807, 2.05) is 42.0 Å². The first-order valence-electron chi connectivity index (χ1n) is 6.56. The number of halogens is 1. The molecular weight excluding hydrogens is 352 g/mol. The van der Waals surface area contributed by atoms with Crippen LogP contribution < -0.4 is 5.32 Å². The van der Waals surface area contributed by atoms with E-state index in [-0.39, 0.29) is 10.7 Å². The lowest BCUT2D eigenvalue weighted by Crippen LogP contribution is -2.15. The summed E-state index contributed by atoms with van der Waals surface area (Å²) in [5, 5.41) is 5.81. The fraction of sp³-hybridized carbons (Fsp3) is 0.0667. The molecule has 3 aromatic rings. The van der Waals surface area contributed by atoms with Crippen LogP contribution in [0, 0.1) is 0 Å². The molecule has 1 aromatic carbocycles. The molecule has 3 rings (SSSR count). The van der Waals surface area contributed by atoms with Crippen molar-refractivity contribution in [3.8, 4) is 11.3 Å². The van der Waals surface area contributed by atoms with Crippen LogP contribution in [0.5, 0.6) is 0 Å². The Labute approximate surface area is 146 Å². The number of hydrogen-bond acceptors (Lipinski definition) is 6. The Morgan fingerprint density at radius 1 is 1.26 bits per heavy atom. The summed E-state index contributed by atoms with van der Waals surface area (Å²) in [6.07, 6.45) is 3.25. The second kappa shape index (κ2) is 7.08.